The van der Waals surface area contributed by atoms with Crippen LogP contribution in [0.4, 0.5) is 0 Å². The molecule has 0 aromatic heterocycles. The highest BCUT2D eigenvalue weighted by Crippen LogP contribution is 2.41. The van der Waals surface area contributed by atoms with Crippen molar-refractivity contribution < 1.29 is 9.84 Å². The topological polar surface area (TPSA) is 29.5 Å². The molecule has 0 amide bonds. The van der Waals surface area contributed by atoms with Crippen molar-refractivity contribution in [1.82, 2.24) is 0 Å². The molecule has 1 aliphatic carbocycles. The summed E-state index contributed by atoms with van der Waals surface area (Å²) in [4.78, 5) is 0. The molecule has 1 N–H and O–H groups in total. The van der Waals surface area contributed by atoms with Gasteiger partial charge in [0.15, 0.2) is 0 Å². The summed E-state index contributed by atoms with van der Waals surface area (Å²) in [6.45, 7) is 12.0. The maximum atomic E-state index is 10.0. The third-order valence-electron chi connectivity index (χ3n) is 4.42. The van der Waals surface area contributed by atoms with Crippen LogP contribution >= 0.6 is 0 Å². The van der Waals surface area contributed by atoms with Crippen LogP contribution in [0, 0.1) is 17.3 Å². The minimum Gasteiger partial charge on any atom is -0.390 e. The van der Waals surface area contributed by atoms with Gasteiger partial charge in [-0.05, 0) is 36.5 Å². The maximum Gasteiger partial charge on any atom is 0.0836 e. The van der Waals surface area contributed by atoms with Gasteiger partial charge in [0.1, 0.15) is 0 Å². The molecule has 1 fully saturated rings. The molecule has 1 aliphatic rings. The van der Waals surface area contributed by atoms with E-state index in [0.717, 1.165) is 25.9 Å². The van der Waals surface area contributed by atoms with E-state index in [4.69, 9.17) is 4.74 Å². The highest BCUT2D eigenvalue weighted by Gasteiger charge is 2.37. The molecule has 3 unspecified atom stereocenters. The Bertz CT molecular complexity index is 223. The summed E-state index contributed by atoms with van der Waals surface area (Å²) in [5.74, 6) is 1.23. The van der Waals surface area contributed by atoms with E-state index in [-0.39, 0.29) is 12.2 Å². The zero-order valence-electron chi connectivity index (χ0n) is 12.2. The lowest BCUT2D eigenvalue weighted by atomic mass is 9.68. The van der Waals surface area contributed by atoms with Gasteiger partial charge in [0.2, 0.25) is 0 Å². The Balaban J connectivity index is 2.53. The van der Waals surface area contributed by atoms with E-state index >= 15 is 0 Å². The maximum absolute atomic E-state index is 10.0. The molecule has 2 heteroatoms. The molecule has 3 atom stereocenters. The quantitative estimate of drug-likeness (QED) is 0.798. The molecule has 1 saturated carbocycles. The smallest absolute Gasteiger partial charge is 0.0836 e. The molecule has 0 saturated heterocycles. The highest BCUT2D eigenvalue weighted by molar-refractivity contribution is 4.87. The van der Waals surface area contributed by atoms with Gasteiger partial charge in [0.05, 0.1) is 12.2 Å². The molecule has 0 bridgehead atoms. The van der Waals surface area contributed by atoms with Crippen LogP contribution in [0.3, 0.4) is 0 Å². The first-order chi connectivity index (χ1) is 7.86. The number of ether oxygens (including phenoxy) is 1. The van der Waals surface area contributed by atoms with Crippen LogP contribution in [0.5, 0.6) is 0 Å². The van der Waals surface area contributed by atoms with E-state index in [0.29, 0.717) is 17.3 Å². The minimum atomic E-state index is -0.252. The first-order valence-corrected chi connectivity index (χ1v) is 7.16. The standard InChI is InChI=1S/C15H30O2/c1-6-15(4,5)12-7-8-13(16)14(9-12)17-10-11(2)3/h11-14,16H,6-10H2,1-5H3. The zero-order chi connectivity index (χ0) is 13.1. The summed E-state index contributed by atoms with van der Waals surface area (Å²) in [5.41, 5.74) is 0.375. The summed E-state index contributed by atoms with van der Waals surface area (Å²) in [6.07, 6.45) is 4.07. The third kappa shape index (κ3) is 4.26. The Morgan fingerprint density at radius 3 is 2.47 bits per heavy atom. The van der Waals surface area contributed by atoms with E-state index < -0.39 is 0 Å². The SMILES string of the molecule is CCC(C)(C)C1CCC(O)C(OCC(C)C)C1. The van der Waals surface area contributed by atoms with Crippen LogP contribution in [-0.4, -0.2) is 23.9 Å². The fourth-order valence-electron chi connectivity index (χ4n) is 2.61. The molecule has 0 radical (unpaired) electrons. The molecule has 0 spiro atoms. The Hall–Kier alpha value is -0.0800. The van der Waals surface area contributed by atoms with Gasteiger partial charge >= 0.3 is 0 Å². The van der Waals surface area contributed by atoms with Crippen LogP contribution in [0.2, 0.25) is 0 Å². The zero-order valence-corrected chi connectivity index (χ0v) is 12.2. The summed E-state index contributed by atoms with van der Waals surface area (Å²) < 4.78 is 5.88. The largest absolute Gasteiger partial charge is 0.390 e. The monoisotopic (exact) mass is 242 g/mol. The van der Waals surface area contributed by atoms with Gasteiger partial charge in [0, 0.05) is 6.61 Å². The molecule has 102 valence electrons. The van der Waals surface area contributed by atoms with Crippen molar-refractivity contribution in [3.63, 3.8) is 0 Å². The predicted molar refractivity (Wildman–Crippen MR) is 72.0 cm³/mol. The molecule has 0 aromatic rings. The minimum absolute atomic E-state index is 0.0574. The highest BCUT2D eigenvalue weighted by atomic mass is 16.5. The lowest BCUT2D eigenvalue weighted by Crippen LogP contribution is -2.40. The molecular formula is C15H30O2. The first kappa shape index (κ1) is 15.0. The second-order valence-electron chi connectivity index (χ2n) is 6.69. The lowest BCUT2D eigenvalue weighted by Gasteiger charge is -2.41. The number of aliphatic hydroxyl groups is 1. The Morgan fingerprint density at radius 2 is 1.94 bits per heavy atom. The molecule has 2 nitrogen and oxygen atoms in total. The molecule has 0 heterocycles. The second kappa shape index (κ2) is 6.19. The number of hydrogen-bond donors (Lipinski definition) is 1. The van der Waals surface area contributed by atoms with E-state index in [1.54, 1.807) is 0 Å². The number of rotatable bonds is 5. The van der Waals surface area contributed by atoms with E-state index in [9.17, 15) is 5.11 Å². The van der Waals surface area contributed by atoms with Crippen LogP contribution in [0.1, 0.15) is 60.3 Å². The third-order valence-corrected chi connectivity index (χ3v) is 4.42. The van der Waals surface area contributed by atoms with Crippen LogP contribution in [0.25, 0.3) is 0 Å². The molecule has 0 aromatic carbocycles. The lowest BCUT2D eigenvalue weighted by molar-refractivity contribution is -0.0917. The Labute approximate surface area is 107 Å². The van der Waals surface area contributed by atoms with Gasteiger partial charge in [0.25, 0.3) is 0 Å². The Kier molecular flexibility index (Phi) is 5.46. The molecule has 17 heavy (non-hydrogen) atoms. The summed E-state index contributed by atoms with van der Waals surface area (Å²) in [6, 6.07) is 0. The van der Waals surface area contributed by atoms with Gasteiger partial charge in [-0.3, -0.25) is 0 Å². The van der Waals surface area contributed by atoms with Crippen LogP contribution < -0.4 is 0 Å². The molecular weight excluding hydrogens is 212 g/mol. The average molecular weight is 242 g/mol. The van der Waals surface area contributed by atoms with E-state index in [1.165, 1.54) is 6.42 Å². The van der Waals surface area contributed by atoms with E-state index in [2.05, 4.69) is 34.6 Å². The summed E-state index contributed by atoms with van der Waals surface area (Å²) in [5, 5.41) is 10.0. The summed E-state index contributed by atoms with van der Waals surface area (Å²) in [7, 11) is 0. The van der Waals surface area contributed by atoms with E-state index in [1.807, 2.05) is 0 Å². The van der Waals surface area contributed by atoms with Crippen molar-refractivity contribution in [2.75, 3.05) is 6.61 Å². The predicted octanol–water partition coefficient (Wildman–Crippen LogP) is 3.62. The first-order valence-electron chi connectivity index (χ1n) is 7.16. The van der Waals surface area contributed by atoms with Crippen molar-refractivity contribution in [1.29, 1.82) is 0 Å². The van der Waals surface area contributed by atoms with Crippen LogP contribution in [-0.2, 0) is 4.74 Å². The van der Waals surface area contributed by atoms with Gasteiger partial charge in [-0.15, -0.1) is 0 Å². The fourth-order valence-corrected chi connectivity index (χ4v) is 2.61. The van der Waals surface area contributed by atoms with Crippen LogP contribution in [0.15, 0.2) is 0 Å². The van der Waals surface area contributed by atoms with Gasteiger partial charge in [-0.25, -0.2) is 0 Å². The van der Waals surface area contributed by atoms with Gasteiger partial charge in [-0.1, -0.05) is 41.0 Å². The van der Waals surface area contributed by atoms with Crippen molar-refractivity contribution >= 4 is 0 Å². The van der Waals surface area contributed by atoms with Crippen molar-refractivity contribution in [3.05, 3.63) is 0 Å². The number of aliphatic hydroxyl groups excluding tert-OH is 1. The molecule has 0 aliphatic heterocycles. The van der Waals surface area contributed by atoms with Crippen molar-refractivity contribution in [3.8, 4) is 0 Å². The van der Waals surface area contributed by atoms with Gasteiger partial charge < -0.3 is 9.84 Å². The van der Waals surface area contributed by atoms with Gasteiger partial charge in [-0.2, -0.15) is 0 Å². The second-order valence-corrected chi connectivity index (χ2v) is 6.69. The molecule has 1 rings (SSSR count). The fraction of sp³-hybridized carbons (Fsp3) is 1.00. The van der Waals surface area contributed by atoms with Crippen molar-refractivity contribution in [2.24, 2.45) is 17.3 Å². The van der Waals surface area contributed by atoms with Crippen molar-refractivity contribution in [2.45, 2.75) is 72.5 Å². The average Bonchev–Trinajstić information content (AvgIpc) is 2.27. The number of hydrogen-bond acceptors (Lipinski definition) is 2. The Morgan fingerprint density at radius 1 is 1.29 bits per heavy atom. The normalized spacial score (nSPS) is 30.9. The summed E-state index contributed by atoms with van der Waals surface area (Å²) >= 11 is 0.